The molecule has 0 aromatic carbocycles. The molecular weight excluding hydrogens is 271 g/mol. The molecule has 0 N–H and O–H groups in total. The van der Waals surface area contributed by atoms with Crippen LogP contribution < -0.4 is 10.0 Å². The fourth-order valence-electron chi connectivity index (χ4n) is 1.62. The third-order valence-electron chi connectivity index (χ3n) is 2.58. The van der Waals surface area contributed by atoms with Crippen molar-refractivity contribution in [1.29, 1.82) is 0 Å². The van der Waals surface area contributed by atoms with Gasteiger partial charge in [-0.1, -0.05) is 11.3 Å². The van der Waals surface area contributed by atoms with Crippen LogP contribution in [0.25, 0.3) is 0 Å². The van der Waals surface area contributed by atoms with Gasteiger partial charge < -0.3 is 19.7 Å². The van der Waals surface area contributed by atoms with E-state index in [0.29, 0.717) is 24.4 Å². The lowest BCUT2D eigenvalue weighted by Crippen LogP contribution is -2.52. The highest BCUT2D eigenvalue weighted by molar-refractivity contribution is 7.15. The average Bonchev–Trinajstić information content (AvgIpc) is 2.78. The van der Waals surface area contributed by atoms with Crippen LogP contribution in [0.4, 0.5) is 23.1 Å². The molecular formula is C9H9F3N3O2S-. The number of carbonyl (C=O) groups is 1. The highest BCUT2D eigenvalue weighted by Crippen LogP contribution is 2.36. The molecule has 1 aromatic heterocycles. The molecule has 0 bridgehead atoms. The van der Waals surface area contributed by atoms with E-state index < -0.39 is 17.1 Å². The number of hydrogen-bond acceptors (Lipinski definition) is 5. The molecule has 1 saturated heterocycles. The van der Waals surface area contributed by atoms with Gasteiger partial charge in [-0.15, -0.1) is 0 Å². The van der Waals surface area contributed by atoms with E-state index in [9.17, 15) is 23.1 Å². The molecule has 5 nitrogen and oxygen atoms in total. The molecule has 0 unspecified atom stereocenters. The SMILES string of the molecule is O=C([O-])N1CCN(c2ncc(C(F)(F)F)s2)CC1. The van der Waals surface area contributed by atoms with Gasteiger partial charge in [-0.2, -0.15) is 13.2 Å². The summed E-state index contributed by atoms with van der Waals surface area (Å²) in [5.74, 6) is 0. The van der Waals surface area contributed by atoms with E-state index >= 15 is 0 Å². The van der Waals surface area contributed by atoms with Crippen molar-refractivity contribution in [3.8, 4) is 0 Å². The Bertz CT molecular complexity index is 441. The van der Waals surface area contributed by atoms with E-state index in [1.54, 1.807) is 4.90 Å². The number of halogens is 3. The van der Waals surface area contributed by atoms with Gasteiger partial charge in [-0.3, -0.25) is 0 Å². The Kier molecular flexibility index (Phi) is 3.33. The lowest BCUT2D eigenvalue weighted by molar-refractivity contribution is -0.265. The van der Waals surface area contributed by atoms with Crippen LogP contribution in [-0.2, 0) is 6.18 Å². The molecule has 1 aromatic rings. The zero-order valence-electron chi connectivity index (χ0n) is 9.11. The number of rotatable bonds is 1. The van der Waals surface area contributed by atoms with Gasteiger partial charge in [-0.25, -0.2) is 4.98 Å². The minimum absolute atomic E-state index is 0.212. The lowest BCUT2D eigenvalue weighted by atomic mass is 10.3. The van der Waals surface area contributed by atoms with Gasteiger partial charge >= 0.3 is 6.18 Å². The summed E-state index contributed by atoms with van der Waals surface area (Å²) in [6.45, 7) is 1.06. The summed E-state index contributed by atoms with van der Waals surface area (Å²) in [5.41, 5.74) is 0. The van der Waals surface area contributed by atoms with Crippen molar-refractivity contribution in [2.45, 2.75) is 6.18 Å². The number of alkyl halides is 3. The summed E-state index contributed by atoms with van der Waals surface area (Å²) >= 11 is 0.564. The molecule has 0 radical (unpaired) electrons. The minimum atomic E-state index is -4.39. The number of carboxylic acid groups (broad SMARTS) is 1. The number of thiazole rings is 1. The van der Waals surface area contributed by atoms with Crippen LogP contribution >= 0.6 is 11.3 Å². The summed E-state index contributed by atoms with van der Waals surface area (Å²) < 4.78 is 37.2. The standard InChI is InChI=1S/C9H10F3N3O2S/c10-9(11,12)6-5-13-7(18-6)14-1-3-15(4-2-14)8(16)17/h5H,1-4H2,(H,16,17)/p-1. The van der Waals surface area contributed by atoms with Crippen molar-refractivity contribution >= 4 is 22.6 Å². The Balaban J connectivity index is 2.02. The van der Waals surface area contributed by atoms with Crippen molar-refractivity contribution in [1.82, 2.24) is 9.88 Å². The zero-order valence-corrected chi connectivity index (χ0v) is 9.92. The monoisotopic (exact) mass is 280 g/mol. The van der Waals surface area contributed by atoms with Crippen LogP contribution in [0.1, 0.15) is 4.88 Å². The van der Waals surface area contributed by atoms with Crippen LogP contribution in [0, 0.1) is 0 Å². The van der Waals surface area contributed by atoms with Gasteiger partial charge in [0.25, 0.3) is 0 Å². The van der Waals surface area contributed by atoms with Gasteiger partial charge in [0, 0.05) is 26.2 Å². The van der Waals surface area contributed by atoms with Gasteiger partial charge in [0.1, 0.15) is 11.0 Å². The number of anilines is 1. The van der Waals surface area contributed by atoms with E-state index in [2.05, 4.69) is 4.98 Å². The third-order valence-corrected chi connectivity index (χ3v) is 3.68. The van der Waals surface area contributed by atoms with Crippen LogP contribution in [-0.4, -0.2) is 42.2 Å². The Labute approximate surface area is 104 Å². The van der Waals surface area contributed by atoms with Crippen molar-refractivity contribution < 1.29 is 23.1 Å². The van der Waals surface area contributed by atoms with E-state index in [4.69, 9.17) is 0 Å². The Morgan fingerprint density at radius 2 is 1.94 bits per heavy atom. The molecule has 1 aliphatic rings. The van der Waals surface area contributed by atoms with E-state index in [1.807, 2.05) is 0 Å². The number of amides is 1. The van der Waals surface area contributed by atoms with Gasteiger partial charge in [-0.05, 0) is 0 Å². The topological polar surface area (TPSA) is 59.5 Å². The van der Waals surface area contributed by atoms with Crippen LogP contribution in [0.15, 0.2) is 6.20 Å². The van der Waals surface area contributed by atoms with Gasteiger partial charge in [0.15, 0.2) is 5.13 Å². The molecule has 18 heavy (non-hydrogen) atoms. The fourth-order valence-corrected chi connectivity index (χ4v) is 2.46. The van der Waals surface area contributed by atoms with Crippen molar-refractivity contribution in [2.75, 3.05) is 31.1 Å². The first-order chi connectivity index (χ1) is 8.38. The molecule has 0 atom stereocenters. The van der Waals surface area contributed by atoms with Crippen LogP contribution in [0.5, 0.6) is 0 Å². The summed E-state index contributed by atoms with van der Waals surface area (Å²) in [6.07, 6.45) is -4.85. The number of nitrogens with zero attached hydrogens (tertiary/aromatic N) is 3. The Morgan fingerprint density at radius 3 is 2.39 bits per heavy atom. The summed E-state index contributed by atoms with van der Waals surface area (Å²) in [7, 11) is 0. The van der Waals surface area contributed by atoms with Crippen molar-refractivity contribution in [2.24, 2.45) is 0 Å². The minimum Gasteiger partial charge on any atom is -0.530 e. The molecule has 9 heteroatoms. The largest absolute Gasteiger partial charge is 0.530 e. The summed E-state index contributed by atoms with van der Waals surface area (Å²) in [4.78, 5) is 16.3. The number of hydrogen-bond donors (Lipinski definition) is 0. The van der Waals surface area contributed by atoms with E-state index in [1.165, 1.54) is 0 Å². The quantitative estimate of drug-likeness (QED) is 0.757. The maximum absolute atomic E-state index is 12.4. The Hall–Kier alpha value is -1.51. The predicted octanol–water partition coefficient (Wildman–Crippen LogP) is 0.627. The van der Waals surface area contributed by atoms with Gasteiger partial charge in [0.05, 0.1) is 6.20 Å². The lowest BCUT2D eigenvalue weighted by Gasteiger charge is -2.35. The van der Waals surface area contributed by atoms with Crippen molar-refractivity contribution in [3.63, 3.8) is 0 Å². The molecule has 2 rings (SSSR count). The smallest absolute Gasteiger partial charge is 0.427 e. The third kappa shape index (κ3) is 2.66. The van der Waals surface area contributed by atoms with Gasteiger partial charge in [0.2, 0.25) is 0 Å². The first-order valence-corrected chi connectivity index (χ1v) is 5.93. The molecule has 0 aliphatic carbocycles. The molecule has 2 heterocycles. The number of aromatic nitrogens is 1. The second kappa shape index (κ2) is 4.63. The first kappa shape index (κ1) is 12.9. The van der Waals surface area contributed by atoms with Crippen LogP contribution in [0.3, 0.4) is 0 Å². The number of piperazine rings is 1. The highest BCUT2D eigenvalue weighted by Gasteiger charge is 2.34. The summed E-state index contributed by atoms with van der Waals surface area (Å²) in [5, 5.41) is 10.8. The maximum Gasteiger partial charge on any atom is 0.427 e. The summed E-state index contributed by atoms with van der Waals surface area (Å²) in [6, 6.07) is 0. The molecule has 1 amide bonds. The second-order valence-corrected chi connectivity index (χ2v) is 4.75. The molecule has 0 spiro atoms. The molecule has 0 saturated carbocycles. The molecule has 1 fully saturated rings. The molecule has 1 aliphatic heterocycles. The van der Waals surface area contributed by atoms with Crippen LogP contribution in [0.2, 0.25) is 0 Å². The fraction of sp³-hybridized carbons (Fsp3) is 0.556. The predicted molar refractivity (Wildman–Crippen MR) is 56.3 cm³/mol. The zero-order chi connectivity index (χ0) is 13.3. The first-order valence-electron chi connectivity index (χ1n) is 5.12. The highest BCUT2D eigenvalue weighted by atomic mass is 32.1. The number of carbonyl (C=O) groups excluding carboxylic acids is 1. The second-order valence-electron chi connectivity index (χ2n) is 3.74. The van der Waals surface area contributed by atoms with E-state index in [-0.39, 0.29) is 18.2 Å². The molecule has 100 valence electrons. The normalized spacial score (nSPS) is 17.1. The average molecular weight is 280 g/mol. The van der Waals surface area contributed by atoms with Crippen molar-refractivity contribution in [3.05, 3.63) is 11.1 Å². The van der Waals surface area contributed by atoms with E-state index in [0.717, 1.165) is 11.1 Å². The maximum atomic E-state index is 12.4. The Morgan fingerprint density at radius 1 is 1.33 bits per heavy atom.